The lowest BCUT2D eigenvalue weighted by atomic mass is 10.0. The first-order chi connectivity index (χ1) is 14.3. The monoisotopic (exact) mass is 463 g/mol. The molecule has 2 aromatic carbocycles. The van der Waals surface area contributed by atoms with Crippen LogP contribution in [0.25, 0.3) is 11.3 Å². The average molecular weight is 464 g/mol. The molecule has 1 fully saturated rings. The fourth-order valence-corrected chi connectivity index (χ4v) is 3.74. The number of methoxy groups -OCH3 is 1. The van der Waals surface area contributed by atoms with Gasteiger partial charge in [0.25, 0.3) is 0 Å². The Balaban J connectivity index is 0.00000171. The highest BCUT2D eigenvalue weighted by Crippen LogP contribution is 2.30. The van der Waals surface area contributed by atoms with E-state index in [2.05, 4.69) is 10.3 Å². The van der Waals surface area contributed by atoms with Crippen molar-refractivity contribution in [2.75, 3.05) is 26.7 Å². The zero-order chi connectivity index (χ0) is 20.1. The van der Waals surface area contributed by atoms with Crippen LogP contribution in [0, 0.1) is 0 Å². The second kappa shape index (κ2) is 11.7. The molecule has 0 radical (unpaired) electrons. The lowest BCUT2D eigenvalue weighted by Crippen LogP contribution is -2.48. The summed E-state index contributed by atoms with van der Waals surface area (Å²) in [5.74, 6) is 2.21. The second-order valence-electron chi connectivity index (χ2n) is 7.03. The number of hydrogen-bond acceptors (Lipinski definition) is 5. The third-order valence-corrected chi connectivity index (χ3v) is 5.23. The first-order valence-corrected chi connectivity index (χ1v) is 9.89. The van der Waals surface area contributed by atoms with E-state index in [1.165, 1.54) is 0 Å². The number of piperazine rings is 1. The summed E-state index contributed by atoms with van der Waals surface area (Å²) in [5, 5.41) is 3.38. The minimum Gasteiger partial charge on any atom is -0.496 e. The number of carbonyl (C=O) groups is 1. The number of benzene rings is 2. The van der Waals surface area contributed by atoms with Crippen LogP contribution in [0.15, 0.2) is 65.2 Å². The summed E-state index contributed by atoms with van der Waals surface area (Å²) in [4.78, 5) is 19.3. The summed E-state index contributed by atoms with van der Waals surface area (Å²) in [5.41, 5.74) is 2.01. The topological polar surface area (TPSA) is 67.6 Å². The van der Waals surface area contributed by atoms with Crippen molar-refractivity contribution in [3.63, 3.8) is 0 Å². The average Bonchev–Trinajstić information content (AvgIpc) is 3.27. The maximum Gasteiger partial charge on any atom is 0.223 e. The van der Waals surface area contributed by atoms with Gasteiger partial charge in [0.05, 0.1) is 19.3 Å². The Morgan fingerprint density at radius 3 is 2.68 bits per heavy atom. The minimum atomic E-state index is -0.0446. The summed E-state index contributed by atoms with van der Waals surface area (Å²) >= 11 is 0. The molecule has 6 nitrogen and oxygen atoms in total. The molecule has 1 aliphatic rings. The van der Waals surface area contributed by atoms with Crippen LogP contribution in [-0.2, 0) is 11.2 Å². The molecule has 0 aliphatic carbocycles. The largest absolute Gasteiger partial charge is 0.496 e. The highest BCUT2D eigenvalue weighted by Gasteiger charge is 2.29. The smallest absolute Gasteiger partial charge is 0.223 e. The quantitative estimate of drug-likeness (QED) is 0.589. The standard InChI is InChI=1S/C23H25N3O3.2ClH/c1-28-20-10-6-5-9-18(20)19-15-24-13-14-26(19)23(27)12-11-22-25-16-21(29-22)17-7-3-2-4-8-17;;/h2-10,16,19,24H,11-15H2,1H3;2*1H. The van der Waals surface area contributed by atoms with E-state index >= 15 is 0 Å². The molecule has 0 saturated carbocycles. The lowest BCUT2D eigenvalue weighted by molar-refractivity contribution is -0.134. The molecule has 1 N–H and O–H groups in total. The van der Waals surface area contributed by atoms with Gasteiger partial charge in [0.1, 0.15) is 5.75 Å². The van der Waals surface area contributed by atoms with Crippen LogP contribution in [-0.4, -0.2) is 42.5 Å². The van der Waals surface area contributed by atoms with Gasteiger partial charge >= 0.3 is 0 Å². The van der Waals surface area contributed by atoms with Gasteiger partial charge in [-0.25, -0.2) is 4.98 Å². The first-order valence-electron chi connectivity index (χ1n) is 9.89. The number of nitrogens with zero attached hydrogens (tertiary/aromatic N) is 2. The van der Waals surface area contributed by atoms with Crippen molar-refractivity contribution >= 4 is 30.7 Å². The Morgan fingerprint density at radius 1 is 1.16 bits per heavy atom. The zero-order valence-corrected chi connectivity index (χ0v) is 19.0. The van der Waals surface area contributed by atoms with Crippen molar-refractivity contribution in [2.45, 2.75) is 18.9 Å². The van der Waals surface area contributed by atoms with Gasteiger partial charge in [0.15, 0.2) is 11.7 Å². The van der Waals surface area contributed by atoms with Gasteiger partial charge in [-0.3, -0.25) is 4.79 Å². The van der Waals surface area contributed by atoms with Crippen molar-refractivity contribution in [3.05, 3.63) is 72.2 Å². The number of ether oxygens (including phenoxy) is 1. The number of aryl methyl sites for hydroxylation is 1. The Labute approximate surface area is 194 Å². The number of amides is 1. The molecule has 166 valence electrons. The Bertz CT molecular complexity index is 965. The van der Waals surface area contributed by atoms with Gasteiger partial charge in [-0.15, -0.1) is 24.8 Å². The van der Waals surface area contributed by atoms with Gasteiger partial charge in [0.2, 0.25) is 5.91 Å². The van der Waals surface area contributed by atoms with Crippen LogP contribution in [0.5, 0.6) is 5.75 Å². The number of aromatic nitrogens is 1. The summed E-state index contributed by atoms with van der Waals surface area (Å²) in [7, 11) is 1.66. The van der Waals surface area contributed by atoms with Gasteiger partial charge in [0, 0.05) is 43.6 Å². The van der Waals surface area contributed by atoms with Crippen LogP contribution >= 0.6 is 24.8 Å². The minimum absolute atomic E-state index is 0. The third kappa shape index (κ3) is 5.79. The van der Waals surface area contributed by atoms with E-state index in [-0.39, 0.29) is 36.8 Å². The van der Waals surface area contributed by atoms with Crippen LogP contribution in [0.4, 0.5) is 0 Å². The SMILES string of the molecule is COc1ccccc1C1CNCCN1C(=O)CCc1ncc(-c2ccccc2)o1.Cl.Cl. The number of rotatable bonds is 6. The predicted molar refractivity (Wildman–Crippen MR) is 125 cm³/mol. The van der Waals surface area contributed by atoms with E-state index in [1.54, 1.807) is 13.3 Å². The second-order valence-corrected chi connectivity index (χ2v) is 7.03. The normalized spacial score (nSPS) is 15.5. The van der Waals surface area contributed by atoms with E-state index in [1.807, 2.05) is 59.5 Å². The molecule has 1 unspecified atom stereocenters. The number of halogens is 2. The van der Waals surface area contributed by atoms with Crippen molar-refractivity contribution < 1.29 is 13.9 Å². The maximum absolute atomic E-state index is 13.0. The fraction of sp³-hybridized carbons (Fsp3) is 0.304. The Kier molecular flexibility index (Phi) is 9.37. The molecule has 8 heteroatoms. The van der Waals surface area contributed by atoms with Crippen molar-refractivity contribution in [1.82, 2.24) is 15.2 Å². The molecule has 2 heterocycles. The molecule has 1 atom stereocenters. The summed E-state index contributed by atoms with van der Waals surface area (Å²) < 4.78 is 11.4. The molecule has 31 heavy (non-hydrogen) atoms. The van der Waals surface area contributed by atoms with Crippen LogP contribution < -0.4 is 10.1 Å². The highest BCUT2D eigenvalue weighted by atomic mass is 35.5. The zero-order valence-electron chi connectivity index (χ0n) is 17.3. The number of hydrogen-bond donors (Lipinski definition) is 1. The molecule has 1 amide bonds. The van der Waals surface area contributed by atoms with Gasteiger partial charge in [-0.05, 0) is 6.07 Å². The van der Waals surface area contributed by atoms with Gasteiger partial charge in [-0.2, -0.15) is 0 Å². The first kappa shape index (κ1) is 24.7. The molecule has 1 saturated heterocycles. The van der Waals surface area contributed by atoms with E-state index in [9.17, 15) is 4.79 Å². The number of para-hydroxylation sites is 1. The summed E-state index contributed by atoms with van der Waals surface area (Å²) in [6.45, 7) is 2.17. The van der Waals surface area contributed by atoms with E-state index in [0.717, 1.165) is 29.2 Å². The van der Waals surface area contributed by atoms with E-state index < -0.39 is 0 Å². The number of oxazole rings is 1. The molecule has 3 aromatic rings. The van der Waals surface area contributed by atoms with Crippen LogP contribution in [0.3, 0.4) is 0 Å². The van der Waals surface area contributed by atoms with Gasteiger partial charge in [-0.1, -0.05) is 48.5 Å². The third-order valence-electron chi connectivity index (χ3n) is 5.23. The Morgan fingerprint density at radius 2 is 1.90 bits per heavy atom. The van der Waals surface area contributed by atoms with Crippen molar-refractivity contribution in [3.8, 4) is 17.1 Å². The van der Waals surface area contributed by atoms with Crippen LogP contribution in [0.2, 0.25) is 0 Å². The molecule has 4 rings (SSSR count). The van der Waals surface area contributed by atoms with Crippen molar-refractivity contribution in [1.29, 1.82) is 0 Å². The summed E-state index contributed by atoms with van der Waals surface area (Å²) in [6, 6.07) is 17.7. The van der Waals surface area contributed by atoms with Gasteiger partial charge < -0.3 is 19.4 Å². The molecule has 1 aliphatic heterocycles. The van der Waals surface area contributed by atoms with Crippen LogP contribution in [0.1, 0.15) is 23.9 Å². The molecular formula is C23H27Cl2N3O3. The maximum atomic E-state index is 13.0. The molecule has 0 bridgehead atoms. The number of nitrogens with one attached hydrogen (secondary N) is 1. The van der Waals surface area contributed by atoms with Crippen molar-refractivity contribution in [2.24, 2.45) is 0 Å². The number of carbonyl (C=O) groups excluding carboxylic acids is 1. The van der Waals surface area contributed by atoms with E-state index in [4.69, 9.17) is 9.15 Å². The molecule has 1 aromatic heterocycles. The van der Waals surface area contributed by atoms with E-state index in [0.29, 0.717) is 31.8 Å². The Hall–Kier alpha value is -2.54. The molecule has 0 spiro atoms. The highest BCUT2D eigenvalue weighted by molar-refractivity contribution is 5.85. The lowest BCUT2D eigenvalue weighted by Gasteiger charge is -2.37. The fourth-order valence-electron chi connectivity index (χ4n) is 3.74. The molecular weight excluding hydrogens is 437 g/mol. The predicted octanol–water partition coefficient (Wildman–Crippen LogP) is 4.30. The summed E-state index contributed by atoms with van der Waals surface area (Å²) in [6.07, 6.45) is 2.56.